The van der Waals surface area contributed by atoms with Gasteiger partial charge in [-0.25, -0.2) is 9.59 Å². The lowest BCUT2D eigenvalue weighted by Crippen LogP contribution is -2.40. The standard InChI is InChI=1S/C22H23ClO7/c1-14(2)29-21(26)28-13-27-20(25)22(3,4)30-18-11-7-16(8-12-18)19(24)15-5-9-17(23)10-6-15/h5-12,14H,13H2,1-4H3. The molecule has 2 rings (SSSR count). The molecular weight excluding hydrogens is 412 g/mol. The minimum absolute atomic E-state index is 0.165. The van der Waals surface area contributed by atoms with Crippen molar-refractivity contribution in [3.63, 3.8) is 0 Å². The van der Waals surface area contributed by atoms with Crippen LogP contribution in [0.3, 0.4) is 0 Å². The molecule has 0 aliphatic carbocycles. The third kappa shape index (κ3) is 6.77. The summed E-state index contributed by atoms with van der Waals surface area (Å²) in [5, 5.41) is 0.548. The van der Waals surface area contributed by atoms with Gasteiger partial charge in [0.25, 0.3) is 0 Å². The van der Waals surface area contributed by atoms with Gasteiger partial charge in [-0.05, 0) is 76.2 Å². The predicted octanol–water partition coefficient (Wildman–Crippen LogP) is 4.79. The molecule has 160 valence electrons. The summed E-state index contributed by atoms with van der Waals surface area (Å²) in [4.78, 5) is 36.0. The number of halogens is 1. The Bertz CT molecular complexity index is 887. The van der Waals surface area contributed by atoms with Gasteiger partial charge in [-0.15, -0.1) is 0 Å². The Morgan fingerprint density at radius 2 is 1.43 bits per heavy atom. The Morgan fingerprint density at radius 3 is 1.97 bits per heavy atom. The highest BCUT2D eigenvalue weighted by Crippen LogP contribution is 2.22. The Balaban J connectivity index is 1.93. The average Bonchev–Trinajstić information content (AvgIpc) is 2.67. The van der Waals surface area contributed by atoms with Gasteiger partial charge in [-0.2, -0.15) is 0 Å². The van der Waals surface area contributed by atoms with Crippen LogP contribution in [0.2, 0.25) is 5.02 Å². The molecule has 7 nitrogen and oxygen atoms in total. The van der Waals surface area contributed by atoms with Gasteiger partial charge in [0.1, 0.15) is 5.75 Å². The lowest BCUT2D eigenvalue weighted by atomic mass is 10.0. The average molecular weight is 435 g/mol. The molecule has 0 N–H and O–H groups in total. The fourth-order valence-electron chi connectivity index (χ4n) is 2.31. The molecule has 0 saturated heterocycles. The first kappa shape index (κ1) is 23.2. The lowest BCUT2D eigenvalue weighted by Gasteiger charge is -2.24. The number of rotatable bonds is 8. The van der Waals surface area contributed by atoms with Crippen molar-refractivity contribution >= 4 is 29.5 Å². The largest absolute Gasteiger partial charge is 0.511 e. The minimum Gasteiger partial charge on any atom is -0.476 e. The number of ether oxygens (including phenoxy) is 4. The van der Waals surface area contributed by atoms with Crippen LogP contribution in [-0.4, -0.2) is 36.4 Å². The van der Waals surface area contributed by atoms with E-state index in [9.17, 15) is 14.4 Å². The third-order valence-corrected chi connectivity index (χ3v) is 4.04. The summed E-state index contributed by atoms with van der Waals surface area (Å²) < 4.78 is 20.0. The van der Waals surface area contributed by atoms with E-state index in [0.29, 0.717) is 21.9 Å². The lowest BCUT2D eigenvalue weighted by molar-refractivity contribution is -0.169. The molecule has 2 aromatic carbocycles. The summed E-state index contributed by atoms with van der Waals surface area (Å²) in [6.07, 6.45) is -1.28. The first-order valence-corrected chi connectivity index (χ1v) is 9.56. The molecule has 8 heteroatoms. The van der Waals surface area contributed by atoms with E-state index < -0.39 is 24.5 Å². The molecule has 2 aromatic rings. The summed E-state index contributed by atoms with van der Waals surface area (Å²) in [5.74, 6) is -0.534. The van der Waals surface area contributed by atoms with E-state index in [-0.39, 0.29) is 11.9 Å². The van der Waals surface area contributed by atoms with Crippen LogP contribution in [0.25, 0.3) is 0 Å². The summed E-state index contributed by atoms with van der Waals surface area (Å²) in [7, 11) is 0. The monoisotopic (exact) mass is 434 g/mol. The molecule has 0 aliphatic rings. The van der Waals surface area contributed by atoms with Crippen LogP contribution in [0.1, 0.15) is 43.6 Å². The number of carbonyl (C=O) groups excluding carboxylic acids is 3. The Kier molecular flexibility index (Phi) is 7.83. The van der Waals surface area contributed by atoms with Gasteiger partial charge in [0.05, 0.1) is 6.10 Å². The van der Waals surface area contributed by atoms with Gasteiger partial charge in [-0.3, -0.25) is 4.79 Å². The molecule has 0 atom stereocenters. The van der Waals surface area contributed by atoms with Crippen LogP contribution in [-0.2, 0) is 19.0 Å². The van der Waals surface area contributed by atoms with Crippen molar-refractivity contribution < 1.29 is 33.3 Å². The van der Waals surface area contributed by atoms with Gasteiger partial charge in [0.15, 0.2) is 11.4 Å². The first-order chi connectivity index (χ1) is 14.1. The van der Waals surface area contributed by atoms with E-state index in [1.165, 1.54) is 13.8 Å². The van der Waals surface area contributed by atoms with E-state index in [4.69, 9.17) is 25.8 Å². The van der Waals surface area contributed by atoms with E-state index in [1.807, 2.05) is 0 Å². The molecular formula is C22H23ClO7. The smallest absolute Gasteiger partial charge is 0.476 e. The van der Waals surface area contributed by atoms with Crippen LogP contribution < -0.4 is 4.74 Å². The van der Waals surface area contributed by atoms with E-state index in [0.717, 1.165) is 0 Å². The zero-order chi connectivity index (χ0) is 22.3. The molecule has 0 radical (unpaired) electrons. The van der Waals surface area contributed by atoms with Gasteiger partial charge >= 0.3 is 12.1 Å². The van der Waals surface area contributed by atoms with Crippen LogP contribution >= 0.6 is 11.6 Å². The summed E-state index contributed by atoms with van der Waals surface area (Å²) in [6, 6.07) is 12.9. The fourth-order valence-corrected chi connectivity index (χ4v) is 2.44. The van der Waals surface area contributed by atoms with Crippen LogP contribution in [0.5, 0.6) is 5.75 Å². The number of benzene rings is 2. The quantitative estimate of drug-likeness (QED) is 0.335. The summed E-state index contributed by atoms with van der Waals surface area (Å²) in [5.41, 5.74) is -0.386. The van der Waals surface area contributed by atoms with E-state index in [2.05, 4.69) is 4.74 Å². The van der Waals surface area contributed by atoms with Gasteiger partial charge in [-0.1, -0.05) is 11.6 Å². The predicted molar refractivity (Wildman–Crippen MR) is 110 cm³/mol. The maximum atomic E-state index is 12.5. The highest BCUT2D eigenvalue weighted by Gasteiger charge is 2.32. The second kappa shape index (κ2) is 10.1. The molecule has 0 amide bonds. The Morgan fingerprint density at radius 1 is 0.900 bits per heavy atom. The van der Waals surface area contributed by atoms with Crippen molar-refractivity contribution in [2.45, 2.75) is 39.4 Å². The normalized spacial score (nSPS) is 11.0. The highest BCUT2D eigenvalue weighted by atomic mass is 35.5. The molecule has 0 unspecified atom stereocenters. The SMILES string of the molecule is CC(C)OC(=O)OCOC(=O)C(C)(C)Oc1ccc(C(=O)c2ccc(Cl)cc2)cc1. The first-order valence-electron chi connectivity index (χ1n) is 9.18. The molecule has 30 heavy (non-hydrogen) atoms. The zero-order valence-corrected chi connectivity index (χ0v) is 17.9. The molecule has 0 spiro atoms. The molecule has 0 saturated carbocycles. The van der Waals surface area contributed by atoms with Crippen LogP contribution in [0.15, 0.2) is 48.5 Å². The maximum Gasteiger partial charge on any atom is 0.511 e. The topological polar surface area (TPSA) is 88.1 Å². The molecule has 0 aromatic heterocycles. The number of hydrogen-bond donors (Lipinski definition) is 0. The molecule has 0 fully saturated rings. The Labute approximate surface area is 179 Å². The van der Waals surface area contributed by atoms with Crippen molar-refractivity contribution in [1.29, 1.82) is 0 Å². The fraction of sp³-hybridized carbons (Fsp3) is 0.318. The van der Waals surface area contributed by atoms with Crippen molar-refractivity contribution in [3.8, 4) is 5.75 Å². The number of esters is 1. The number of hydrogen-bond acceptors (Lipinski definition) is 7. The second-order valence-corrected chi connectivity index (χ2v) is 7.52. The van der Waals surface area contributed by atoms with Crippen molar-refractivity contribution in [2.24, 2.45) is 0 Å². The van der Waals surface area contributed by atoms with Crippen molar-refractivity contribution in [3.05, 3.63) is 64.7 Å². The third-order valence-electron chi connectivity index (χ3n) is 3.79. The van der Waals surface area contributed by atoms with Crippen molar-refractivity contribution in [2.75, 3.05) is 6.79 Å². The number of ketones is 1. The molecule has 0 aliphatic heterocycles. The zero-order valence-electron chi connectivity index (χ0n) is 17.1. The van der Waals surface area contributed by atoms with Gasteiger partial charge < -0.3 is 18.9 Å². The summed E-state index contributed by atoms with van der Waals surface area (Å²) in [6.45, 7) is 5.76. The highest BCUT2D eigenvalue weighted by molar-refractivity contribution is 6.30. The minimum atomic E-state index is -1.35. The Hall–Kier alpha value is -3.06. The molecule has 0 heterocycles. The number of carbonyl (C=O) groups is 3. The molecule has 0 bridgehead atoms. The van der Waals surface area contributed by atoms with E-state index in [1.54, 1.807) is 62.4 Å². The van der Waals surface area contributed by atoms with E-state index >= 15 is 0 Å². The van der Waals surface area contributed by atoms with Crippen molar-refractivity contribution in [1.82, 2.24) is 0 Å². The van der Waals surface area contributed by atoms with Crippen LogP contribution in [0.4, 0.5) is 4.79 Å². The maximum absolute atomic E-state index is 12.5. The van der Waals surface area contributed by atoms with Gasteiger partial charge in [0, 0.05) is 16.1 Å². The second-order valence-electron chi connectivity index (χ2n) is 7.08. The van der Waals surface area contributed by atoms with Gasteiger partial charge in [0.2, 0.25) is 6.79 Å². The van der Waals surface area contributed by atoms with Crippen LogP contribution in [0, 0.1) is 0 Å². The summed E-state index contributed by atoms with van der Waals surface area (Å²) >= 11 is 5.84.